The van der Waals surface area contributed by atoms with Gasteiger partial charge in [0.15, 0.2) is 0 Å². The van der Waals surface area contributed by atoms with Crippen LogP contribution in [0.25, 0.3) is 0 Å². The third-order valence-corrected chi connectivity index (χ3v) is 6.80. The summed E-state index contributed by atoms with van der Waals surface area (Å²) in [7, 11) is 0. The normalized spacial score (nSPS) is 17.9. The molecule has 0 saturated carbocycles. The van der Waals surface area contributed by atoms with Crippen molar-refractivity contribution in [1.29, 1.82) is 0 Å². The van der Waals surface area contributed by atoms with Gasteiger partial charge in [-0.2, -0.15) is 0 Å². The zero-order valence-corrected chi connectivity index (χ0v) is 24.5. The smallest absolute Gasteiger partial charge is 0.378 e. The van der Waals surface area contributed by atoms with Crippen molar-refractivity contribution < 1.29 is 52.7 Å². The molecular weight excluding hydrogens is 611 g/mol. The highest BCUT2D eigenvalue weighted by Crippen LogP contribution is 2.27. The van der Waals surface area contributed by atoms with E-state index in [2.05, 4.69) is 0 Å². The molecule has 2 atom stereocenters. The van der Waals surface area contributed by atoms with Gasteiger partial charge in [0.05, 0.1) is 13.2 Å². The second-order valence-corrected chi connectivity index (χ2v) is 10.9. The molecule has 0 aromatic heterocycles. The quantitative estimate of drug-likeness (QED) is 0.315. The van der Waals surface area contributed by atoms with Crippen LogP contribution in [0, 0.1) is 0 Å². The number of carbonyl (C=O) groups excluding carboxylic acids is 6. The highest BCUT2D eigenvalue weighted by molar-refractivity contribution is 6.30. The Morgan fingerprint density at radius 2 is 0.930 bits per heavy atom. The number of benzene rings is 2. The number of hydrogen-bond acceptors (Lipinski definition) is 11. The molecule has 43 heavy (non-hydrogen) atoms. The third kappa shape index (κ3) is 7.61. The summed E-state index contributed by atoms with van der Waals surface area (Å²) in [6, 6.07) is 11.9. The number of carbonyl (C=O) groups is 6. The van der Waals surface area contributed by atoms with E-state index in [9.17, 15) is 28.8 Å². The average Bonchev–Trinajstić information content (AvgIpc) is 3.45. The molecule has 4 rings (SSSR count). The van der Waals surface area contributed by atoms with Crippen molar-refractivity contribution in [2.45, 2.75) is 50.7 Å². The minimum atomic E-state index is -1.98. The lowest BCUT2D eigenvalue weighted by atomic mass is 10.1. The van der Waals surface area contributed by atoms with Gasteiger partial charge in [-0.15, -0.1) is 10.1 Å². The van der Waals surface area contributed by atoms with Crippen molar-refractivity contribution in [3.8, 4) is 11.5 Å². The van der Waals surface area contributed by atoms with E-state index in [1.54, 1.807) is 0 Å². The van der Waals surface area contributed by atoms with Gasteiger partial charge in [0.25, 0.3) is 23.6 Å². The van der Waals surface area contributed by atoms with Crippen LogP contribution in [0.15, 0.2) is 48.5 Å². The van der Waals surface area contributed by atoms with E-state index in [4.69, 9.17) is 47.1 Å². The second-order valence-electron chi connectivity index (χ2n) is 9.99. The Bertz CT molecular complexity index is 1290. The van der Waals surface area contributed by atoms with Crippen LogP contribution in [-0.2, 0) is 43.2 Å². The second kappa shape index (κ2) is 13.0. The van der Waals surface area contributed by atoms with E-state index in [1.165, 1.54) is 62.4 Å². The molecule has 2 aromatic rings. The summed E-state index contributed by atoms with van der Waals surface area (Å²) in [5.74, 6) is -4.79. The summed E-state index contributed by atoms with van der Waals surface area (Å²) in [6.07, 6.45) is -0.492. The summed E-state index contributed by atoms with van der Waals surface area (Å²) >= 11 is 11.9. The fourth-order valence-electron chi connectivity index (χ4n) is 3.90. The topological polar surface area (TPSA) is 155 Å². The van der Waals surface area contributed by atoms with Gasteiger partial charge in [-0.1, -0.05) is 23.2 Å². The summed E-state index contributed by atoms with van der Waals surface area (Å²) in [5, 5.41) is 1.51. The Balaban J connectivity index is 1.55. The fourth-order valence-corrected chi connectivity index (χ4v) is 4.15. The molecule has 0 spiro atoms. The summed E-state index contributed by atoms with van der Waals surface area (Å²) in [6.45, 7) is 1.37. The van der Waals surface area contributed by atoms with E-state index in [0.29, 0.717) is 20.2 Å². The van der Waals surface area contributed by atoms with E-state index in [0.717, 1.165) is 0 Å². The molecule has 0 aliphatic carbocycles. The van der Waals surface area contributed by atoms with Crippen LogP contribution in [0.1, 0.15) is 39.5 Å². The molecule has 4 amide bonds. The first-order chi connectivity index (χ1) is 20.3. The monoisotopic (exact) mass is 636 g/mol. The van der Waals surface area contributed by atoms with E-state index in [-0.39, 0.29) is 37.2 Å². The predicted octanol–water partition coefficient (Wildman–Crippen LogP) is 3.20. The number of halogens is 2. The van der Waals surface area contributed by atoms with Gasteiger partial charge in [-0.05, 0) is 62.4 Å². The van der Waals surface area contributed by atoms with E-state index < -0.39 is 60.0 Å². The molecule has 2 heterocycles. The van der Waals surface area contributed by atoms with Crippen LogP contribution in [0.3, 0.4) is 0 Å². The van der Waals surface area contributed by atoms with Gasteiger partial charge in [0, 0.05) is 35.7 Å². The fraction of sp³-hybridized carbons (Fsp3) is 0.357. The molecule has 228 valence electrons. The lowest BCUT2D eigenvalue weighted by molar-refractivity contribution is -0.215. The SMILES string of the molecule is CC(COCC(C)(Oc1ccc(Cl)cc1)C(=O)ON1C(=O)CCC1=O)(Oc1ccc(Cl)cc1)C(=O)ON1C(=O)CCC1=O. The average molecular weight is 637 g/mol. The van der Waals surface area contributed by atoms with Crippen LogP contribution in [0.2, 0.25) is 10.0 Å². The molecule has 2 aromatic carbocycles. The van der Waals surface area contributed by atoms with Crippen molar-refractivity contribution >= 4 is 58.8 Å². The van der Waals surface area contributed by atoms with Gasteiger partial charge >= 0.3 is 11.9 Å². The number of imide groups is 2. The molecule has 0 N–H and O–H groups in total. The Hall–Kier alpha value is -4.20. The van der Waals surface area contributed by atoms with Crippen LogP contribution in [0.5, 0.6) is 11.5 Å². The third-order valence-electron chi connectivity index (χ3n) is 6.29. The Morgan fingerprint density at radius 1 is 0.628 bits per heavy atom. The minimum absolute atomic E-state index is 0.123. The molecule has 2 aliphatic heterocycles. The van der Waals surface area contributed by atoms with Crippen LogP contribution < -0.4 is 9.47 Å². The molecule has 13 nitrogen and oxygen atoms in total. The zero-order chi connectivity index (χ0) is 31.4. The molecule has 2 aliphatic rings. The van der Waals surface area contributed by atoms with Crippen LogP contribution in [0.4, 0.5) is 0 Å². The van der Waals surface area contributed by atoms with Crippen molar-refractivity contribution in [2.24, 2.45) is 0 Å². The molecule has 15 heteroatoms. The molecular formula is C28H26Cl2N2O11. The number of ether oxygens (including phenoxy) is 3. The first-order valence-electron chi connectivity index (χ1n) is 12.9. The Morgan fingerprint density at radius 3 is 1.23 bits per heavy atom. The zero-order valence-electron chi connectivity index (χ0n) is 23.0. The van der Waals surface area contributed by atoms with Gasteiger partial charge in [0.1, 0.15) is 11.5 Å². The number of rotatable bonds is 12. The summed E-state index contributed by atoms with van der Waals surface area (Å²) in [5.41, 5.74) is -3.97. The number of hydrogen-bond donors (Lipinski definition) is 0. The number of nitrogens with zero attached hydrogens (tertiary/aromatic N) is 2. The van der Waals surface area contributed by atoms with Gasteiger partial charge < -0.3 is 23.9 Å². The first kappa shape index (κ1) is 31.7. The van der Waals surface area contributed by atoms with Crippen molar-refractivity contribution in [2.75, 3.05) is 13.2 Å². The molecule has 0 bridgehead atoms. The number of amides is 4. The predicted molar refractivity (Wildman–Crippen MR) is 146 cm³/mol. The van der Waals surface area contributed by atoms with Crippen molar-refractivity contribution in [3.63, 3.8) is 0 Å². The van der Waals surface area contributed by atoms with E-state index in [1.807, 2.05) is 0 Å². The largest absolute Gasteiger partial charge is 0.473 e. The summed E-state index contributed by atoms with van der Waals surface area (Å²) in [4.78, 5) is 85.0. The lowest BCUT2D eigenvalue weighted by Gasteiger charge is -2.32. The molecule has 2 saturated heterocycles. The highest BCUT2D eigenvalue weighted by atomic mass is 35.5. The lowest BCUT2D eigenvalue weighted by Crippen LogP contribution is -2.53. The van der Waals surface area contributed by atoms with Gasteiger partial charge in [0.2, 0.25) is 11.2 Å². The molecule has 2 fully saturated rings. The van der Waals surface area contributed by atoms with Gasteiger partial charge in [-0.25, -0.2) is 9.59 Å². The molecule has 0 radical (unpaired) electrons. The summed E-state index contributed by atoms with van der Waals surface area (Å²) < 4.78 is 17.5. The van der Waals surface area contributed by atoms with E-state index >= 15 is 0 Å². The van der Waals surface area contributed by atoms with Gasteiger partial charge in [-0.3, -0.25) is 19.2 Å². The maximum absolute atomic E-state index is 13.3. The Labute approximate surface area is 255 Å². The maximum Gasteiger partial charge on any atom is 0.378 e. The van der Waals surface area contributed by atoms with Crippen molar-refractivity contribution in [3.05, 3.63) is 58.6 Å². The van der Waals surface area contributed by atoms with Crippen molar-refractivity contribution in [1.82, 2.24) is 10.1 Å². The number of hydroxylamine groups is 4. The standard InChI is InChI=1S/C28H26Cl2N2O11/c1-27(40-19-7-3-17(29)4-8-19,25(37)42-31-21(33)11-12-22(31)34)15-39-16-28(2,41-20-9-5-18(30)6-10-20)26(38)43-32-23(35)13-14-24(32)36/h3-10H,11-16H2,1-2H3. The minimum Gasteiger partial charge on any atom is -0.473 e. The maximum atomic E-state index is 13.3. The molecule has 2 unspecified atom stereocenters. The Kier molecular flexibility index (Phi) is 9.58. The van der Waals surface area contributed by atoms with Crippen LogP contribution in [-0.4, -0.2) is 70.1 Å². The first-order valence-corrected chi connectivity index (χ1v) is 13.7. The van der Waals surface area contributed by atoms with Crippen LogP contribution >= 0.6 is 23.2 Å². The highest BCUT2D eigenvalue weighted by Gasteiger charge is 2.47.